The van der Waals surface area contributed by atoms with Crippen LogP contribution in [-0.2, 0) is 9.59 Å². The minimum Gasteiger partial charge on any atom is -0.345 e. The van der Waals surface area contributed by atoms with Crippen LogP contribution in [0.25, 0.3) is 0 Å². The number of carbonyl (C=O) groups is 2. The lowest BCUT2D eigenvalue weighted by Gasteiger charge is -2.27. The highest BCUT2D eigenvalue weighted by Gasteiger charge is 2.47. The molecule has 0 saturated carbocycles. The van der Waals surface area contributed by atoms with Crippen LogP contribution in [0, 0.1) is 5.92 Å². The van der Waals surface area contributed by atoms with E-state index in [1.165, 1.54) is 11.3 Å². The number of amides is 2. The summed E-state index contributed by atoms with van der Waals surface area (Å²) in [6, 6.07) is -1.44. The van der Waals surface area contributed by atoms with Crippen LogP contribution in [0.15, 0.2) is 11.6 Å². The van der Waals surface area contributed by atoms with Gasteiger partial charge < -0.3 is 10.2 Å². The third-order valence-electron chi connectivity index (χ3n) is 3.83. The molecule has 2 unspecified atom stereocenters. The first kappa shape index (κ1) is 18.7. The summed E-state index contributed by atoms with van der Waals surface area (Å²) >= 11 is 1.38. The zero-order valence-corrected chi connectivity index (χ0v) is 14.3. The van der Waals surface area contributed by atoms with E-state index in [1.54, 1.807) is 11.6 Å². The molecule has 0 spiro atoms. The van der Waals surface area contributed by atoms with Crippen LogP contribution in [0.4, 0.5) is 13.2 Å². The molecule has 2 amide bonds. The summed E-state index contributed by atoms with van der Waals surface area (Å²) in [6.07, 6.45) is -2.10. The Morgan fingerprint density at radius 2 is 2.17 bits per heavy atom. The van der Waals surface area contributed by atoms with E-state index in [0.717, 1.165) is 0 Å². The zero-order valence-electron chi connectivity index (χ0n) is 13.5. The average Bonchev–Trinajstić information content (AvgIpc) is 3.15. The summed E-state index contributed by atoms with van der Waals surface area (Å²) in [5.74, 6) is -2.23. The number of alkyl halides is 3. The standard InChI is InChI=1S/C15H20F3N3O2S/c1-9(2)8-10(13-19-5-7-24-13)20-12(22)11-4-3-6-21(11)14(23)15(16,17)18/h5,7,9-11H,3-4,6,8H2,1-2H3,(H,20,22). The van der Waals surface area contributed by atoms with Crippen molar-refractivity contribution in [2.24, 2.45) is 5.92 Å². The van der Waals surface area contributed by atoms with Crippen LogP contribution in [0.1, 0.15) is 44.2 Å². The zero-order chi connectivity index (χ0) is 17.9. The van der Waals surface area contributed by atoms with Gasteiger partial charge in [0.25, 0.3) is 0 Å². The summed E-state index contributed by atoms with van der Waals surface area (Å²) in [6.45, 7) is 3.92. The first-order chi connectivity index (χ1) is 11.2. The number of hydrogen-bond donors (Lipinski definition) is 1. The normalized spacial score (nSPS) is 19.6. The van der Waals surface area contributed by atoms with Gasteiger partial charge in [-0.1, -0.05) is 13.8 Å². The molecule has 1 aromatic heterocycles. The molecule has 5 nitrogen and oxygen atoms in total. The molecule has 1 N–H and O–H groups in total. The molecule has 1 fully saturated rings. The van der Waals surface area contributed by atoms with Crippen molar-refractivity contribution in [2.75, 3.05) is 6.54 Å². The second kappa shape index (κ2) is 7.50. The third kappa shape index (κ3) is 4.46. The minimum absolute atomic E-state index is 0.0530. The summed E-state index contributed by atoms with van der Waals surface area (Å²) in [7, 11) is 0. The van der Waals surface area contributed by atoms with Crippen molar-refractivity contribution in [3.05, 3.63) is 16.6 Å². The molecule has 0 radical (unpaired) electrons. The molecular formula is C15H20F3N3O2S. The summed E-state index contributed by atoms with van der Waals surface area (Å²) in [5, 5.41) is 5.27. The molecule has 2 heterocycles. The molecule has 24 heavy (non-hydrogen) atoms. The van der Waals surface area contributed by atoms with E-state index in [2.05, 4.69) is 10.3 Å². The van der Waals surface area contributed by atoms with Gasteiger partial charge in [0.1, 0.15) is 11.0 Å². The molecule has 0 bridgehead atoms. The van der Waals surface area contributed by atoms with E-state index < -0.39 is 24.0 Å². The van der Waals surface area contributed by atoms with Crippen molar-refractivity contribution in [3.8, 4) is 0 Å². The van der Waals surface area contributed by atoms with Gasteiger partial charge in [-0.3, -0.25) is 9.59 Å². The Hall–Kier alpha value is -1.64. The van der Waals surface area contributed by atoms with Crippen molar-refractivity contribution in [1.82, 2.24) is 15.2 Å². The van der Waals surface area contributed by atoms with Gasteiger partial charge in [-0.05, 0) is 25.2 Å². The van der Waals surface area contributed by atoms with Gasteiger partial charge in [0.05, 0.1) is 6.04 Å². The molecule has 2 rings (SSSR count). The van der Waals surface area contributed by atoms with Crippen LogP contribution in [0.3, 0.4) is 0 Å². The molecule has 0 aliphatic carbocycles. The van der Waals surface area contributed by atoms with Gasteiger partial charge in [0, 0.05) is 18.1 Å². The molecule has 1 saturated heterocycles. The number of rotatable bonds is 5. The summed E-state index contributed by atoms with van der Waals surface area (Å²) in [5.41, 5.74) is 0. The average molecular weight is 363 g/mol. The summed E-state index contributed by atoms with van der Waals surface area (Å²) in [4.78, 5) is 28.8. The molecule has 1 aromatic rings. The quantitative estimate of drug-likeness (QED) is 0.875. The molecule has 134 valence electrons. The number of thiazole rings is 1. The van der Waals surface area contributed by atoms with Crippen molar-refractivity contribution < 1.29 is 22.8 Å². The Labute approximate surface area is 142 Å². The maximum absolute atomic E-state index is 12.7. The number of hydrogen-bond acceptors (Lipinski definition) is 4. The fourth-order valence-corrected chi connectivity index (χ4v) is 3.51. The van der Waals surface area contributed by atoms with Gasteiger partial charge in [0.2, 0.25) is 5.91 Å². The van der Waals surface area contributed by atoms with Crippen LogP contribution in [0.5, 0.6) is 0 Å². The summed E-state index contributed by atoms with van der Waals surface area (Å²) < 4.78 is 38.0. The SMILES string of the molecule is CC(C)CC(NC(=O)C1CCCN1C(=O)C(F)(F)F)c1nccs1. The number of aromatic nitrogens is 1. The fraction of sp³-hybridized carbons (Fsp3) is 0.667. The largest absolute Gasteiger partial charge is 0.471 e. The van der Waals surface area contributed by atoms with E-state index in [1.807, 2.05) is 13.8 Å². The van der Waals surface area contributed by atoms with Gasteiger partial charge >= 0.3 is 12.1 Å². The Balaban J connectivity index is 2.10. The predicted molar refractivity (Wildman–Crippen MR) is 83.2 cm³/mol. The number of nitrogens with one attached hydrogen (secondary N) is 1. The number of likely N-dealkylation sites (tertiary alicyclic amines) is 1. The predicted octanol–water partition coefficient (Wildman–Crippen LogP) is 2.90. The number of halogens is 3. The molecule has 1 aliphatic rings. The van der Waals surface area contributed by atoms with Gasteiger partial charge in [-0.2, -0.15) is 13.2 Å². The van der Waals surface area contributed by atoms with Gasteiger partial charge in [0.15, 0.2) is 0 Å². The second-order valence-electron chi connectivity index (χ2n) is 6.22. The van der Waals surface area contributed by atoms with Gasteiger partial charge in [-0.15, -0.1) is 11.3 Å². The van der Waals surface area contributed by atoms with Crippen molar-refractivity contribution in [2.45, 2.75) is 51.4 Å². The van der Waals surface area contributed by atoms with Crippen molar-refractivity contribution in [1.29, 1.82) is 0 Å². The second-order valence-corrected chi connectivity index (χ2v) is 7.14. The van der Waals surface area contributed by atoms with E-state index >= 15 is 0 Å². The maximum Gasteiger partial charge on any atom is 0.471 e. The maximum atomic E-state index is 12.7. The lowest BCUT2D eigenvalue weighted by molar-refractivity contribution is -0.186. The molecule has 9 heteroatoms. The Kier molecular flexibility index (Phi) is 5.84. The molecule has 1 aliphatic heterocycles. The first-order valence-corrected chi connectivity index (χ1v) is 8.65. The van der Waals surface area contributed by atoms with E-state index in [0.29, 0.717) is 22.7 Å². The van der Waals surface area contributed by atoms with Crippen molar-refractivity contribution in [3.63, 3.8) is 0 Å². The van der Waals surface area contributed by atoms with E-state index in [-0.39, 0.29) is 24.9 Å². The lowest BCUT2D eigenvalue weighted by Crippen LogP contribution is -2.50. The lowest BCUT2D eigenvalue weighted by atomic mass is 10.0. The number of carbonyl (C=O) groups excluding carboxylic acids is 2. The van der Waals surface area contributed by atoms with E-state index in [4.69, 9.17) is 0 Å². The van der Waals surface area contributed by atoms with Crippen LogP contribution >= 0.6 is 11.3 Å². The highest BCUT2D eigenvalue weighted by atomic mass is 32.1. The fourth-order valence-electron chi connectivity index (χ4n) is 2.81. The molecule has 0 aromatic carbocycles. The van der Waals surface area contributed by atoms with E-state index in [9.17, 15) is 22.8 Å². The minimum atomic E-state index is -4.96. The number of nitrogens with zero attached hydrogens (tertiary/aromatic N) is 2. The molecule has 2 atom stereocenters. The van der Waals surface area contributed by atoms with Crippen LogP contribution < -0.4 is 5.32 Å². The molecular weight excluding hydrogens is 343 g/mol. The third-order valence-corrected chi connectivity index (χ3v) is 4.72. The highest BCUT2D eigenvalue weighted by molar-refractivity contribution is 7.09. The smallest absolute Gasteiger partial charge is 0.345 e. The van der Waals surface area contributed by atoms with Crippen LogP contribution in [0.2, 0.25) is 0 Å². The van der Waals surface area contributed by atoms with Gasteiger partial charge in [-0.25, -0.2) is 4.98 Å². The Morgan fingerprint density at radius 1 is 1.46 bits per heavy atom. The monoisotopic (exact) mass is 363 g/mol. The highest BCUT2D eigenvalue weighted by Crippen LogP contribution is 2.28. The van der Waals surface area contributed by atoms with Crippen molar-refractivity contribution >= 4 is 23.2 Å². The van der Waals surface area contributed by atoms with Crippen LogP contribution in [-0.4, -0.2) is 40.5 Å². The first-order valence-electron chi connectivity index (χ1n) is 7.77. The Morgan fingerprint density at radius 3 is 2.71 bits per heavy atom. The topological polar surface area (TPSA) is 62.3 Å². The Bertz CT molecular complexity index is 575.